The molecule has 2 aromatic carbocycles. The fraction of sp³-hybridized carbons (Fsp3) is 0.211. The van der Waals surface area contributed by atoms with Crippen molar-refractivity contribution in [3.05, 3.63) is 60.2 Å². The second kappa shape index (κ2) is 9.23. The summed E-state index contributed by atoms with van der Waals surface area (Å²) in [5.41, 5.74) is 0.628. The van der Waals surface area contributed by atoms with Crippen LogP contribution >= 0.6 is 11.8 Å². The number of carbonyl (C=O) groups is 1. The van der Waals surface area contributed by atoms with E-state index in [0.29, 0.717) is 11.4 Å². The maximum absolute atomic E-state index is 13.7. The van der Waals surface area contributed by atoms with Gasteiger partial charge in [0.15, 0.2) is 17.7 Å². The summed E-state index contributed by atoms with van der Waals surface area (Å²) in [6.45, 7) is 1.67. The number of aromatic nitrogens is 2. The van der Waals surface area contributed by atoms with Gasteiger partial charge in [-0.1, -0.05) is 30.0 Å². The van der Waals surface area contributed by atoms with Gasteiger partial charge in [-0.05, 0) is 31.2 Å². The van der Waals surface area contributed by atoms with Gasteiger partial charge in [0, 0.05) is 11.8 Å². The summed E-state index contributed by atoms with van der Waals surface area (Å²) in [5.74, 6) is 0.322. The average molecular weight is 403 g/mol. The molecule has 7 nitrogen and oxygen atoms in total. The number of hydrogen-bond donors (Lipinski definition) is 1. The van der Waals surface area contributed by atoms with Crippen molar-refractivity contribution in [1.29, 1.82) is 0 Å². The number of anilines is 1. The van der Waals surface area contributed by atoms with Gasteiger partial charge < -0.3 is 19.2 Å². The Morgan fingerprint density at radius 1 is 1.25 bits per heavy atom. The molecular formula is C19H18FN3O4S. The van der Waals surface area contributed by atoms with E-state index in [9.17, 15) is 9.18 Å². The summed E-state index contributed by atoms with van der Waals surface area (Å²) in [5, 5.41) is 10.8. The van der Waals surface area contributed by atoms with E-state index in [0.717, 1.165) is 11.8 Å². The molecule has 1 aromatic heterocycles. The molecule has 0 spiro atoms. The lowest BCUT2D eigenvalue weighted by Gasteiger charge is -2.11. The number of ether oxygens (including phenoxy) is 2. The Hall–Kier alpha value is -3.07. The highest BCUT2D eigenvalue weighted by atomic mass is 32.2. The molecule has 1 atom stereocenters. The number of rotatable bonds is 8. The number of thioether (sulfide) groups is 1. The van der Waals surface area contributed by atoms with Crippen molar-refractivity contribution >= 4 is 23.4 Å². The Balaban J connectivity index is 1.52. The second-order valence-electron chi connectivity index (χ2n) is 5.67. The smallest absolute Gasteiger partial charge is 0.277 e. The number of methoxy groups -OCH3 is 1. The van der Waals surface area contributed by atoms with Crippen LogP contribution in [0.5, 0.6) is 11.5 Å². The largest absolute Gasteiger partial charge is 0.497 e. The normalized spacial score (nSPS) is 11.7. The Bertz CT molecular complexity index is 950. The van der Waals surface area contributed by atoms with Crippen molar-refractivity contribution in [2.45, 2.75) is 18.3 Å². The Labute approximate surface area is 165 Å². The molecule has 3 rings (SSSR count). The van der Waals surface area contributed by atoms with Gasteiger partial charge in [0.25, 0.3) is 11.1 Å². The van der Waals surface area contributed by atoms with Crippen molar-refractivity contribution in [2.75, 3.05) is 18.2 Å². The number of nitrogens with one attached hydrogen (secondary N) is 1. The van der Waals surface area contributed by atoms with E-state index in [1.807, 2.05) is 0 Å². The SMILES string of the molecule is COc1cccc(NC(=O)CSc2nnc([C@H](C)Oc3ccccc3F)o2)c1. The number of nitrogens with zero attached hydrogens (tertiary/aromatic N) is 2. The number of halogens is 1. The van der Waals surface area contributed by atoms with Crippen LogP contribution in [0, 0.1) is 5.82 Å². The lowest BCUT2D eigenvalue weighted by molar-refractivity contribution is -0.113. The second-order valence-corrected chi connectivity index (χ2v) is 6.59. The number of carbonyl (C=O) groups excluding carboxylic acids is 1. The number of para-hydroxylation sites is 1. The van der Waals surface area contributed by atoms with E-state index in [2.05, 4.69) is 15.5 Å². The first-order valence-electron chi connectivity index (χ1n) is 8.36. The van der Waals surface area contributed by atoms with Crippen molar-refractivity contribution in [1.82, 2.24) is 10.2 Å². The molecule has 28 heavy (non-hydrogen) atoms. The molecule has 0 saturated heterocycles. The highest BCUT2D eigenvalue weighted by molar-refractivity contribution is 7.99. The standard InChI is InChI=1S/C19H18FN3O4S/c1-12(26-16-9-4-3-8-15(16)20)18-22-23-19(27-18)28-11-17(24)21-13-6-5-7-14(10-13)25-2/h3-10,12H,11H2,1-2H3,(H,21,24)/t12-/m0/s1. The van der Waals surface area contributed by atoms with E-state index in [-0.39, 0.29) is 28.5 Å². The summed E-state index contributed by atoms with van der Waals surface area (Å²) in [4.78, 5) is 12.1. The van der Waals surface area contributed by atoms with Gasteiger partial charge in [0.1, 0.15) is 5.75 Å². The molecule has 1 N–H and O–H groups in total. The highest BCUT2D eigenvalue weighted by Gasteiger charge is 2.18. The fourth-order valence-corrected chi connectivity index (χ4v) is 2.82. The van der Waals surface area contributed by atoms with Gasteiger partial charge in [-0.25, -0.2) is 4.39 Å². The van der Waals surface area contributed by atoms with E-state index >= 15 is 0 Å². The van der Waals surface area contributed by atoms with Crippen molar-refractivity contribution < 1.29 is 23.1 Å². The molecule has 0 radical (unpaired) electrons. The molecule has 0 fully saturated rings. The number of benzene rings is 2. The zero-order valence-electron chi connectivity index (χ0n) is 15.2. The predicted molar refractivity (Wildman–Crippen MR) is 102 cm³/mol. The van der Waals surface area contributed by atoms with Crippen LogP contribution in [0.15, 0.2) is 58.2 Å². The Morgan fingerprint density at radius 3 is 2.86 bits per heavy atom. The van der Waals surface area contributed by atoms with Gasteiger partial charge in [-0.2, -0.15) is 0 Å². The molecule has 0 bridgehead atoms. The Morgan fingerprint density at radius 2 is 2.07 bits per heavy atom. The first kappa shape index (κ1) is 19.7. The first-order chi connectivity index (χ1) is 13.5. The summed E-state index contributed by atoms with van der Waals surface area (Å²) in [6, 6.07) is 13.1. The molecule has 0 aliphatic heterocycles. The van der Waals surface area contributed by atoms with E-state index in [4.69, 9.17) is 13.9 Å². The van der Waals surface area contributed by atoms with Crippen LogP contribution in [0.25, 0.3) is 0 Å². The molecule has 1 heterocycles. The summed E-state index contributed by atoms with van der Waals surface area (Å²) in [6.07, 6.45) is -0.635. The molecule has 0 unspecified atom stereocenters. The van der Waals surface area contributed by atoms with Gasteiger partial charge in [-0.15, -0.1) is 10.2 Å². The minimum atomic E-state index is -0.635. The molecule has 146 valence electrons. The van der Waals surface area contributed by atoms with Crippen LogP contribution in [0.2, 0.25) is 0 Å². The molecule has 0 saturated carbocycles. The zero-order valence-corrected chi connectivity index (χ0v) is 16.0. The van der Waals surface area contributed by atoms with Crippen LogP contribution in [0.4, 0.5) is 10.1 Å². The maximum atomic E-state index is 13.7. The average Bonchev–Trinajstić information content (AvgIpc) is 3.17. The van der Waals surface area contributed by atoms with Crippen molar-refractivity contribution in [3.63, 3.8) is 0 Å². The van der Waals surface area contributed by atoms with Gasteiger partial charge in [0.2, 0.25) is 5.91 Å². The quantitative estimate of drug-likeness (QED) is 0.567. The summed E-state index contributed by atoms with van der Waals surface area (Å²) in [7, 11) is 1.56. The molecule has 1 amide bonds. The molecule has 9 heteroatoms. The number of hydrogen-bond acceptors (Lipinski definition) is 7. The molecule has 0 aliphatic rings. The number of amides is 1. The summed E-state index contributed by atoms with van der Waals surface area (Å²) < 4.78 is 29.8. The van der Waals surface area contributed by atoms with Gasteiger partial charge >= 0.3 is 0 Å². The highest BCUT2D eigenvalue weighted by Crippen LogP contribution is 2.25. The van der Waals surface area contributed by atoms with Gasteiger partial charge in [-0.3, -0.25) is 4.79 Å². The van der Waals surface area contributed by atoms with Crippen LogP contribution in [0.3, 0.4) is 0 Å². The van der Waals surface area contributed by atoms with E-state index in [1.165, 1.54) is 12.1 Å². The van der Waals surface area contributed by atoms with E-state index < -0.39 is 11.9 Å². The minimum Gasteiger partial charge on any atom is -0.497 e. The lowest BCUT2D eigenvalue weighted by Crippen LogP contribution is -2.13. The third-order valence-electron chi connectivity index (χ3n) is 3.59. The summed E-state index contributed by atoms with van der Waals surface area (Å²) >= 11 is 1.09. The van der Waals surface area contributed by atoms with Crippen molar-refractivity contribution in [2.24, 2.45) is 0 Å². The molecule has 0 aliphatic carbocycles. The fourth-order valence-electron chi connectivity index (χ4n) is 2.25. The molecular weight excluding hydrogens is 385 g/mol. The minimum absolute atomic E-state index is 0.0847. The zero-order chi connectivity index (χ0) is 19.9. The van der Waals surface area contributed by atoms with Crippen LogP contribution in [0.1, 0.15) is 18.9 Å². The monoisotopic (exact) mass is 403 g/mol. The first-order valence-corrected chi connectivity index (χ1v) is 9.35. The van der Waals surface area contributed by atoms with Crippen LogP contribution in [-0.2, 0) is 4.79 Å². The maximum Gasteiger partial charge on any atom is 0.277 e. The topological polar surface area (TPSA) is 86.5 Å². The third kappa shape index (κ3) is 5.23. The van der Waals surface area contributed by atoms with E-state index in [1.54, 1.807) is 50.4 Å². The molecule has 3 aromatic rings. The lowest BCUT2D eigenvalue weighted by atomic mass is 10.3. The van der Waals surface area contributed by atoms with Gasteiger partial charge in [0.05, 0.1) is 12.9 Å². The Kier molecular flexibility index (Phi) is 6.49. The van der Waals surface area contributed by atoms with Crippen LogP contribution in [-0.4, -0.2) is 29.0 Å². The van der Waals surface area contributed by atoms with Crippen LogP contribution < -0.4 is 14.8 Å². The van der Waals surface area contributed by atoms with Crippen molar-refractivity contribution in [3.8, 4) is 11.5 Å². The third-order valence-corrected chi connectivity index (χ3v) is 4.41. The predicted octanol–water partition coefficient (Wildman–Crippen LogP) is 4.09.